The van der Waals surface area contributed by atoms with Gasteiger partial charge in [0.2, 0.25) is 0 Å². The molecule has 0 amide bonds. The van der Waals surface area contributed by atoms with Crippen molar-refractivity contribution in [1.29, 1.82) is 0 Å². The molecule has 0 aliphatic rings. The van der Waals surface area contributed by atoms with Crippen LogP contribution in [0.2, 0.25) is 0 Å². The van der Waals surface area contributed by atoms with E-state index < -0.39 is 8.25 Å². The monoisotopic (exact) mass is 178 g/mol. The van der Waals surface area contributed by atoms with Crippen LogP contribution >= 0.6 is 8.25 Å². The van der Waals surface area contributed by atoms with Gasteiger partial charge in [-0.2, -0.15) is 5.90 Å². The summed E-state index contributed by atoms with van der Waals surface area (Å²) in [6.45, 7) is 2.33. The van der Waals surface area contributed by atoms with Gasteiger partial charge in [-0.25, -0.2) is 0 Å². The largest absolute Gasteiger partial charge is 1.00 e. The summed E-state index contributed by atoms with van der Waals surface area (Å²) >= 11 is 0. The summed E-state index contributed by atoms with van der Waals surface area (Å²) in [7, 11) is -2.06. The van der Waals surface area contributed by atoms with E-state index in [1.165, 1.54) is 0 Å². The molecule has 0 aromatic heterocycles. The maximum atomic E-state index is 10.1. The van der Waals surface area contributed by atoms with Crippen LogP contribution in [0.15, 0.2) is 0 Å². The van der Waals surface area contributed by atoms with Crippen LogP contribution < -0.4 is 57.3 Å². The predicted molar refractivity (Wildman–Crippen MR) is 30.2 cm³/mol. The Morgan fingerprint density at radius 2 is 2.33 bits per heavy atom. The first kappa shape index (κ1) is 13.2. The van der Waals surface area contributed by atoms with E-state index in [2.05, 4.69) is 15.0 Å². The fraction of sp³-hybridized carbons (Fsp3) is 1.00. The van der Waals surface area contributed by atoms with Crippen molar-refractivity contribution in [3.8, 4) is 0 Å². The second-order valence-corrected chi connectivity index (χ2v) is 2.08. The number of hydrogen-bond acceptors (Lipinski definition) is 4. The SMILES string of the molecule is CCCO[P+](=O)ON.[H-].[K+]. The van der Waals surface area contributed by atoms with Crippen LogP contribution in [0.1, 0.15) is 14.8 Å². The zero-order valence-electron chi connectivity index (χ0n) is 6.66. The summed E-state index contributed by atoms with van der Waals surface area (Å²) in [4.78, 5) is 0. The van der Waals surface area contributed by atoms with Crippen molar-refractivity contribution in [2.45, 2.75) is 13.3 Å². The topological polar surface area (TPSA) is 61.5 Å². The molecule has 9 heavy (non-hydrogen) atoms. The van der Waals surface area contributed by atoms with Crippen LogP contribution in [-0.4, -0.2) is 6.61 Å². The van der Waals surface area contributed by atoms with Crippen LogP contribution in [0.5, 0.6) is 0 Å². The quantitative estimate of drug-likeness (QED) is 0.309. The molecule has 0 bridgehead atoms. The van der Waals surface area contributed by atoms with E-state index in [0.717, 1.165) is 6.42 Å². The van der Waals surface area contributed by atoms with Crippen LogP contribution in [0.25, 0.3) is 0 Å². The fourth-order valence-electron chi connectivity index (χ4n) is 0.196. The molecule has 0 heterocycles. The smallest absolute Gasteiger partial charge is 1.00 e. The summed E-state index contributed by atoms with van der Waals surface area (Å²) in [5, 5.41) is 0. The summed E-state index contributed by atoms with van der Waals surface area (Å²) < 4.78 is 18.5. The third-order valence-corrected chi connectivity index (χ3v) is 1.05. The first-order valence-corrected chi connectivity index (χ1v) is 3.37. The van der Waals surface area contributed by atoms with Crippen molar-refractivity contribution in [3.05, 3.63) is 0 Å². The first-order valence-electron chi connectivity index (χ1n) is 2.28. The molecular formula is C3H10KNO3P+. The third-order valence-electron chi connectivity index (χ3n) is 0.487. The predicted octanol–water partition coefficient (Wildman–Crippen LogP) is -1.92. The van der Waals surface area contributed by atoms with Gasteiger partial charge in [-0.15, -0.1) is 4.52 Å². The molecule has 0 aromatic carbocycles. The van der Waals surface area contributed by atoms with Crippen LogP contribution in [0, 0.1) is 0 Å². The van der Waals surface area contributed by atoms with Crippen molar-refractivity contribution < 1.29 is 66.5 Å². The number of nitrogens with two attached hydrogens (primary N) is 1. The fourth-order valence-corrected chi connectivity index (χ4v) is 0.589. The third kappa shape index (κ3) is 9.62. The van der Waals surface area contributed by atoms with Gasteiger partial charge in [-0.05, 0) is 11.0 Å². The van der Waals surface area contributed by atoms with E-state index in [9.17, 15) is 4.57 Å². The van der Waals surface area contributed by atoms with Gasteiger partial charge in [0.1, 0.15) is 6.61 Å². The van der Waals surface area contributed by atoms with Gasteiger partial charge in [-0.3, -0.25) is 0 Å². The molecule has 0 radical (unpaired) electrons. The molecule has 0 fully saturated rings. The van der Waals surface area contributed by atoms with Crippen molar-refractivity contribution in [2.24, 2.45) is 5.90 Å². The standard InChI is InChI=1S/C3H9NO3P.K.H/c1-2-3-6-8(5)7-4;;/h2-4H2,1H3;;/q2*+1;-1. The number of rotatable bonds is 4. The Kier molecular flexibility index (Phi) is 14.1. The molecule has 0 rings (SSSR count). The molecule has 1 unspecified atom stereocenters. The number of hydrogen-bond donors (Lipinski definition) is 1. The summed E-state index contributed by atoms with van der Waals surface area (Å²) in [5.74, 6) is 4.50. The zero-order chi connectivity index (χ0) is 6.41. The van der Waals surface area contributed by atoms with E-state index in [0.29, 0.717) is 6.61 Å². The van der Waals surface area contributed by atoms with Gasteiger partial charge in [0.05, 0.1) is 0 Å². The molecule has 0 aliphatic carbocycles. The maximum absolute atomic E-state index is 10.1. The minimum Gasteiger partial charge on any atom is -1.00 e. The van der Waals surface area contributed by atoms with Crippen molar-refractivity contribution in [1.82, 2.24) is 0 Å². The Balaban J connectivity index is -0.000000245. The minimum atomic E-state index is -2.06. The van der Waals surface area contributed by atoms with Gasteiger partial charge in [0.15, 0.2) is 0 Å². The molecular weight excluding hydrogens is 168 g/mol. The molecule has 0 aromatic rings. The second kappa shape index (κ2) is 9.62. The Bertz CT molecular complexity index is 86.1. The van der Waals surface area contributed by atoms with Crippen molar-refractivity contribution >= 4 is 8.25 Å². The van der Waals surface area contributed by atoms with Gasteiger partial charge in [0, 0.05) is 4.57 Å². The summed E-state index contributed by atoms with van der Waals surface area (Å²) in [5.41, 5.74) is 0. The average Bonchev–Trinajstić information content (AvgIpc) is 1.83. The zero-order valence-corrected chi connectivity index (χ0v) is 9.68. The molecule has 4 nitrogen and oxygen atoms in total. The molecule has 0 saturated carbocycles. The molecule has 1 atom stereocenters. The van der Waals surface area contributed by atoms with E-state index in [-0.39, 0.29) is 52.8 Å². The first-order chi connectivity index (χ1) is 3.81. The average molecular weight is 178 g/mol. The van der Waals surface area contributed by atoms with Gasteiger partial charge in [0.25, 0.3) is 0 Å². The Morgan fingerprint density at radius 3 is 2.67 bits per heavy atom. The van der Waals surface area contributed by atoms with Crippen LogP contribution in [0.3, 0.4) is 0 Å². The van der Waals surface area contributed by atoms with E-state index in [1.807, 2.05) is 6.92 Å². The molecule has 0 spiro atoms. The molecule has 0 aliphatic heterocycles. The van der Waals surface area contributed by atoms with E-state index in [1.54, 1.807) is 0 Å². The minimum absolute atomic E-state index is 0. The second-order valence-electron chi connectivity index (χ2n) is 1.16. The molecule has 0 saturated heterocycles. The van der Waals surface area contributed by atoms with E-state index >= 15 is 0 Å². The van der Waals surface area contributed by atoms with Gasteiger partial charge in [-0.1, -0.05) is 6.92 Å². The van der Waals surface area contributed by atoms with Crippen LogP contribution in [-0.2, 0) is 13.7 Å². The normalized spacial score (nSPS) is 10.2. The molecule has 50 valence electrons. The van der Waals surface area contributed by atoms with Gasteiger partial charge < -0.3 is 1.43 Å². The maximum Gasteiger partial charge on any atom is 1.00 e. The Labute approximate surface area is 99.3 Å². The van der Waals surface area contributed by atoms with Crippen molar-refractivity contribution in [3.63, 3.8) is 0 Å². The molecule has 6 heteroatoms. The molecule has 2 N–H and O–H groups in total. The van der Waals surface area contributed by atoms with Crippen LogP contribution in [0.4, 0.5) is 0 Å². The van der Waals surface area contributed by atoms with E-state index in [4.69, 9.17) is 0 Å². The Morgan fingerprint density at radius 1 is 1.78 bits per heavy atom. The van der Waals surface area contributed by atoms with Gasteiger partial charge >= 0.3 is 59.6 Å². The van der Waals surface area contributed by atoms with Crippen molar-refractivity contribution in [2.75, 3.05) is 6.61 Å². The Hall–Kier alpha value is 1.62. The summed E-state index contributed by atoms with van der Waals surface area (Å²) in [6, 6.07) is 0. The summed E-state index contributed by atoms with van der Waals surface area (Å²) in [6.07, 6.45) is 0.810.